The molecule has 0 spiro atoms. The van der Waals surface area contributed by atoms with E-state index in [0.717, 1.165) is 45.2 Å². The first-order valence-corrected chi connectivity index (χ1v) is 9.40. The Balaban J connectivity index is 2.06. The molecule has 0 aliphatic carbocycles. The van der Waals surface area contributed by atoms with Crippen LogP contribution in [0.3, 0.4) is 0 Å². The molecule has 25 heavy (non-hydrogen) atoms. The minimum Gasteiger partial charge on any atom is -0.494 e. The summed E-state index contributed by atoms with van der Waals surface area (Å²) in [6.45, 7) is 6.63. The van der Waals surface area contributed by atoms with Gasteiger partial charge in [-0.1, -0.05) is 19.1 Å². The molecular weight excluding hydrogens is 334 g/mol. The molecule has 1 unspecified atom stereocenters. The van der Waals surface area contributed by atoms with E-state index < -0.39 is 0 Å². The molecule has 1 atom stereocenters. The van der Waals surface area contributed by atoms with Crippen molar-refractivity contribution >= 4 is 27.4 Å². The Bertz CT molecular complexity index is 842. The second-order valence-corrected chi connectivity index (χ2v) is 6.70. The van der Waals surface area contributed by atoms with Gasteiger partial charge in [-0.25, -0.2) is 9.97 Å². The number of hydrogen-bond donors (Lipinski definition) is 2. The van der Waals surface area contributed by atoms with Crippen molar-refractivity contribution < 1.29 is 9.84 Å². The molecule has 2 aromatic heterocycles. The first kappa shape index (κ1) is 17.6. The van der Waals surface area contributed by atoms with Crippen molar-refractivity contribution in [3.63, 3.8) is 0 Å². The number of ether oxygens (including phenoxy) is 1. The highest BCUT2D eigenvalue weighted by atomic mass is 32.1. The topological polar surface area (TPSA) is 67.3 Å². The number of aryl methyl sites for hydroxylation is 1. The van der Waals surface area contributed by atoms with Crippen LogP contribution in [0.25, 0.3) is 21.3 Å². The minimum atomic E-state index is -0.0226. The third-order valence-electron chi connectivity index (χ3n) is 4.08. The number of thiophene rings is 1. The van der Waals surface area contributed by atoms with Crippen molar-refractivity contribution in [2.75, 3.05) is 18.5 Å². The second kappa shape index (κ2) is 7.80. The predicted molar refractivity (Wildman–Crippen MR) is 104 cm³/mol. The molecule has 0 aliphatic heterocycles. The van der Waals surface area contributed by atoms with Crippen LogP contribution >= 0.6 is 11.3 Å². The number of nitrogens with zero attached hydrogens (tertiary/aromatic N) is 2. The Morgan fingerprint density at radius 1 is 1.20 bits per heavy atom. The van der Waals surface area contributed by atoms with E-state index in [9.17, 15) is 5.11 Å². The van der Waals surface area contributed by atoms with E-state index >= 15 is 0 Å². The fraction of sp³-hybridized carbons (Fsp3) is 0.368. The Morgan fingerprint density at radius 3 is 2.60 bits per heavy atom. The number of fused-ring (bicyclic) bond motifs is 1. The Hall–Kier alpha value is -2.18. The number of aliphatic hydroxyl groups excluding tert-OH is 1. The average Bonchev–Trinajstić information content (AvgIpc) is 3.04. The number of aliphatic hydroxyl groups is 1. The van der Waals surface area contributed by atoms with Crippen molar-refractivity contribution in [3.8, 4) is 16.9 Å². The lowest BCUT2D eigenvalue weighted by atomic mass is 10.1. The SMILES string of the molecule is CCOc1ccc(-c2csc3nc(C)nc(NC(CC)CO)c23)cc1. The molecule has 2 N–H and O–H groups in total. The van der Waals surface area contributed by atoms with Gasteiger partial charge in [-0.15, -0.1) is 11.3 Å². The lowest BCUT2D eigenvalue weighted by molar-refractivity contribution is 0.271. The monoisotopic (exact) mass is 357 g/mol. The van der Waals surface area contributed by atoms with Crippen LogP contribution in [0.15, 0.2) is 29.6 Å². The van der Waals surface area contributed by atoms with Gasteiger partial charge in [0.05, 0.1) is 24.6 Å². The van der Waals surface area contributed by atoms with E-state index in [0.29, 0.717) is 6.61 Å². The maximum atomic E-state index is 9.53. The van der Waals surface area contributed by atoms with Crippen molar-refractivity contribution in [3.05, 3.63) is 35.5 Å². The largest absolute Gasteiger partial charge is 0.494 e. The van der Waals surface area contributed by atoms with Gasteiger partial charge < -0.3 is 15.2 Å². The molecule has 3 aromatic rings. The molecule has 6 heteroatoms. The lowest BCUT2D eigenvalue weighted by Gasteiger charge is -2.16. The van der Waals surface area contributed by atoms with Gasteiger partial charge in [0.25, 0.3) is 0 Å². The van der Waals surface area contributed by atoms with Crippen LogP contribution in [0.5, 0.6) is 5.75 Å². The molecule has 1 aromatic carbocycles. The molecule has 5 nitrogen and oxygen atoms in total. The molecule has 0 aliphatic rings. The van der Waals surface area contributed by atoms with Gasteiger partial charge in [0.15, 0.2) is 0 Å². The normalized spacial score (nSPS) is 12.3. The summed E-state index contributed by atoms with van der Waals surface area (Å²) in [6, 6.07) is 8.05. The van der Waals surface area contributed by atoms with E-state index in [-0.39, 0.29) is 12.6 Å². The quantitative estimate of drug-likeness (QED) is 0.662. The van der Waals surface area contributed by atoms with Crippen LogP contribution < -0.4 is 10.1 Å². The van der Waals surface area contributed by atoms with Crippen LogP contribution in [-0.4, -0.2) is 34.3 Å². The first-order valence-electron chi connectivity index (χ1n) is 8.52. The molecule has 0 bridgehead atoms. The van der Waals surface area contributed by atoms with Crippen LogP contribution in [-0.2, 0) is 0 Å². The third-order valence-corrected chi connectivity index (χ3v) is 4.95. The van der Waals surface area contributed by atoms with E-state index in [1.165, 1.54) is 0 Å². The molecule has 3 rings (SSSR count). The highest BCUT2D eigenvalue weighted by Crippen LogP contribution is 2.37. The van der Waals surface area contributed by atoms with Gasteiger partial charge in [0.1, 0.15) is 22.2 Å². The highest BCUT2D eigenvalue weighted by molar-refractivity contribution is 7.17. The smallest absolute Gasteiger partial charge is 0.139 e. The van der Waals surface area contributed by atoms with E-state index in [1.54, 1.807) is 11.3 Å². The molecule has 0 saturated carbocycles. The van der Waals surface area contributed by atoms with Gasteiger partial charge in [0.2, 0.25) is 0 Å². The fourth-order valence-corrected chi connectivity index (χ4v) is 3.73. The van der Waals surface area contributed by atoms with Crippen LogP contribution in [0, 0.1) is 6.92 Å². The molecule has 0 radical (unpaired) electrons. The summed E-state index contributed by atoms with van der Waals surface area (Å²) in [5.41, 5.74) is 2.19. The van der Waals surface area contributed by atoms with Gasteiger partial charge in [-0.05, 0) is 38.0 Å². The minimum absolute atomic E-state index is 0.0226. The molecule has 2 heterocycles. The zero-order valence-corrected chi connectivity index (χ0v) is 15.6. The molecule has 0 amide bonds. The van der Waals surface area contributed by atoms with Crippen LogP contribution in [0.2, 0.25) is 0 Å². The van der Waals surface area contributed by atoms with Gasteiger partial charge in [-0.3, -0.25) is 0 Å². The van der Waals surface area contributed by atoms with E-state index in [1.807, 2.05) is 32.9 Å². The molecule has 132 valence electrons. The number of rotatable bonds is 7. The van der Waals surface area contributed by atoms with E-state index in [2.05, 4.69) is 32.8 Å². The predicted octanol–water partition coefficient (Wildman–Crippen LogP) is 4.25. The maximum absolute atomic E-state index is 9.53. The van der Waals surface area contributed by atoms with Crippen molar-refractivity contribution in [1.82, 2.24) is 9.97 Å². The van der Waals surface area contributed by atoms with Crippen molar-refractivity contribution in [2.45, 2.75) is 33.2 Å². The lowest BCUT2D eigenvalue weighted by Crippen LogP contribution is -2.23. The number of benzene rings is 1. The number of hydrogen-bond acceptors (Lipinski definition) is 6. The summed E-state index contributed by atoms with van der Waals surface area (Å²) in [4.78, 5) is 10.1. The van der Waals surface area contributed by atoms with Crippen molar-refractivity contribution in [2.24, 2.45) is 0 Å². The zero-order chi connectivity index (χ0) is 17.8. The zero-order valence-electron chi connectivity index (χ0n) is 14.7. The first-order chi connectivity index (χ1) is 12.2. The summed E-state index contributed by atoms with van der Waals surface area (Å²) >= 11 is 1.61. The summed E-state index contributed by atoms with van der Waals surface area (Å²) in [7, 11) is 0. The summed E-state index contributed by atoms with van der Waals surface area (Å²) in [5, 5.41) is 16.0. The van der Waals surface area contributed by atoms with Crippen LogP contribution in [0.4, 0.5) is 5.82 Å². The number of anilines is 1. The maximum Gasteiger partial charge on any atom is 0.139 e. The number of nitrogens with one attached hydrogen (secondary N) is 1. The Labute approximate surface area is 151 Å². The standard InChI is InChI=1S/C19H23N3O2S/c1-4-14(10-23)22-18-17-16(11-25-19(17)21-12(3)20-18)13-6-8-15(9-7-13)24-5-2/h6-9,11,14,23H,4-5,10H2,1-3H3,(H,20,21,22). The van der Waals surface area contributed by atoms with Gasteiger partial charge in [0, 0.05) is 10.9 Å². The molecule has 0 fully saturated rings. The van der Waals surface area contributed by atoms with Gasteiger partial charge in [-0.2, -0.15) is 0 Å². The van der Waals surface area contributed by atoms with Gasteiger partial charge >= 0.3 is 0 Å². The summed E-state index contributed by atoms with van der Waals surface area (Å²) < 4.78 is 5.52. The van der Waals surface area contributed by atoms with Crippen molar-refractivity contribution in [1.29, 1.82) is 0 Å². The Kier molecular flexibility index (Phi) is 5.50. The highest BCUT2D eigenvalue weighted by Gasteiger charge is 2.16. The fourth-order valence-electron chi connectivity index (χ4n) is 2.73. The average molecular weight is 357 g/mol. The molecular formula is C19H23N3O2S. The Morgan fingerprint density at radius 2 is 1.96 bits per heavy atom. The second-order valence-electron chi connectivity index (χ2n) is 5.84. The summed E-state index contributed by atoms with van der Waals surface area (Å²) in [5.74, 6) is 2.37. The van der Waals surface area contributed by atoms with E-state index in [4.69, 9.17) is 4.74 Å². The molecule has 0 saturated heterocycles. The van der Waals surface area contributed by atoms with Crippen LogP contribution in [0.1, 0.15) is 26.1 Å². The summed E-state index contributed by atoms with van der Waals surface area (Å²) in [6.07, 6.45) is 0.823. The third kappa shape index (κ3) is 3.75. The number of aromatic nitrogens is 2.